The summed E-state index contributed by atoms with van der Waals surface area (Å²) >= 11 is 0. The molecule has 21 heavy (non-hydrogen) atoms. The Hall–Kier alpha value is -2.13. The Kier molecular flexibility index (Phi) is 5.12. The second-order valence-corrected chi connectivity index (χ2v) is 5.34. The van der Waals surface area contributed by atoms with Crippen molar-refractivity contribution in [2.75, 3.05) is 5.32 Å². The summed E-state index contributed by atoms with van der Waals surface area (Å²) in [6.45, 7) is 3.75. The van der Waals surface area contributed by atoms with E-state index in [9.17, 15) is 9.90 Å². The minimum absolute atomic E-state index is 0.0146. The van der Waals surface area contributed by atoms with Gasteiger partial charge in [-0.3, -0.25) is 4.79 Å². The maximum atomic E-state index is 12.0. The molecule has 2 N–H and O–H groups in total. The average molecular weight is 283 g/mol. The fourth-order valence-electron chi connectivity index (χ4n) is 2.23. The Labute approximate surface area is 125 Å². The number of hydrogen-bond donors (Lipinski definition) is 2. The molecular weight excluding hydrogens is 262 g/mol. The number of carbonyl (C=O) groups excluding carboxylic acids is 1. The van der Waals surface area contributed by atoms with Crippen LogP contribution in [0.2, 0.25) is 0 Å². The topological polar surface area (TPSA) is 49.3 Å². The highest BCUT2D eigenvalue weighted by Gasteiger charge is 2.06. The van der Waals surface area contributed by atoms with Crippen LogP contribution >= 0.6 is 0 Å². The van der Waals surface area contributed by atoms with E-state index < -0.39 is 6.10 Å². The number of amides is 1. The van der Waals surface area contributed by atoms with E-state index in [-0.39, 0.29) is 5.91 Å². The molecule has 2 aromatic rings. The fourth-order valence-corrected chi connectivity index (χ4v) is 2.23. The number of anilines is 1. The first kappa shape index (κ1) is 15.3. The Morgan fingerprint density at radius 1 is 1.19 bits per heavy atom. The van der Waals surface area contributed by atoms with Gasteiger partial charge in [-0.2, -0.15) is 0 Å². The van der Waals surface area contributed by atoms with E-state index in [2.05, 4.69) is 11.4 Å². The molecule has 2 aromatic carbocycles. The van der Waals surface area contributed by atoms with Crippen molar-refractivity contribution in [2.45, 2.75) is 32.8 Å². The van der Waals surface area contributed by atoms with Crippen molar-refractivity contribution in [3.05, 3.63) is 65.2 Å². The highest BCUT2D eigenvalue weighted by Crippen LogP contribution is 2.17. The first-order valence-electron chi connectivity index (χ1n) is 7.18. The third kappa shape index (κ3) is 4.72. The molecule has 0 spiro atoms. The largest absolute Gasteiger partial charge is 0.389 e. The quantitative estimate of drug-likeness (QED) is 0.880. The van der Waals surface area contributed by atoms with Crippen molar-refractivity contribution in [3.63, 3.8) is 0 Å². The number of carbonyl (C=O) groups is 1. The number of nitrogens with one attached hydrogen (secondary N) is 1. The van der Waals surface area contributed by atoms with E-state index in [1.54, 1.807) is 13.0 Å². The first-order valence-corrected chi connectivity index (χ1v) is 7.18. The van der Waals surface area contributed by atoms with Crippen LogP contribution in [0, 0.1) is 6.92 Å². The molecule has 0 bridgehead atoms. The Morgan fingerprint density at radius 2 is 1.95 bits per heavy atom. The predicted octanol–water partition coefficient (Wildman–Crippen LogP) is 3.62. The average Bonchev–Trinajstić information content (AvgIpc) is 2.45. The number of aliphatic hydroxyl groups is 1. The van der Waals surface area contributed by atoms with Gasteiger partial charge < -0.3 is 10.4 Å². The van der Waals surface area contributed by atoms with Crippen LogP contribution in [-0.2, 0) is 11.2 Å². The lowest BCUT2D eigenvalue weighted by atomic mass is 10.1. The molecule has 110 valence electrons. The molecule has 1 unspecified atom stereocenters. The molecule has 0 aromatic heterocycles. The lowest BCUT2D eigenvalue weighted by molar-refractivity contribution is -0.116. The SMILES string of the molecule is Cc1cccc(CCC(=O)Nc2cccc(C(C)O)c2)c1. The first-order chi connectivity index (χ1) is 10.0. The van der Waals surface area contributed by atoms with Crippen LogP contribution in [0.5, 0.6) is 0 Å². The van der Waals surface area contributed by atoms with Crippen LogP contribution in [0.15, 0.2) is 48.5 Å². The number of hydrogen-bond acceptors (Lipinski definition) is 2. The van der Waals surface area contributed by atoms with Crippen LogP contribution in [0.25, 0.3) is 0 Å². The molecule has 1 atom stereocenters. The minimum atomic E-state index is -0.533. The number of aliphatic hydroxyl groups excluding tert-OH is 1. The standard InChI is InChI=1S/C18H21NO2/c1-13-5-3-6-15(11-13)9-10-18(21)19-17-8-4-7-16(12-17)14(2)20/h3-8,11-12,14,20H,9-10H2,1-2H3,(H,19,21). The van der Waals surface area contributed by atoms with Gasteiger partial charge in [0.05, 0.1) is 6.10 Å². The smallest absolute Gasteiger partial charge is 0.224 e. The molecule has 0 radical (unpaired) electrons. The molecule has 0 fully saturated rings. The Balaban J connectivity index is 1.91. The van der Waals surface area contributed by atoms with E-state index in [1.165, 1.54) is 11.1 Å². The van der Waals surface area contributed by atoms with Crippen molar-refractivity contribution in [1.82, 2.24) is 0 Å². The normalized spacial score (nSPS) is 12.0. The summed E-state index contributed by atoms with van der Waals surface area (Å²) in [7, 11) is 0. The van der Waals surface area contributed by atoms with Crippen molar-refractivity contribution in [1.29, 1.82) is 0 Å². The molecule has 0 aliphatic rings. The van der Waals surface area contributed by atoms with Crippen LogP contribution in [0.3, 0.4) is 0 Å². The van der Waals surface area contributed by atoms with Crippen LogP contribution in [0.1, 0.15) is 36.1 Å². The minimum Gasteiger partial charge on any atom is -0.389 e. The molecule has 0 aliphatic heterocycles. The maximum Gasteiger partial charge on any atom is 0.224 e. The second kappa shape index (κ2) is 7.04. The number of rotatable bonds is 5. The monoisotopic (exact) mass is 283 g/mol. The Morgan fingerprint density at radius 3 is 2.67 bits per heavy atom. The van der Waals surface area contributed by atoms with Gasteiger partial charge in [0.1, 0.15) is 0 Å². The van der Waals surface area contributed by atoms with Crippen molar-refractivity contribution >= 4 is 11.6 Å². The van der Waals surface area contributed by atoms with E-state index in [0.717, 1.165) is 17.7 Å². The van der Waals surface area contributed by atoms with Gasteiger partial charge in [-0.25, -0.2) is 0 Å². The van der Waals surface area contributed by atoms with E-state index in [1.807, 2.05) is 43.3 Å². The van der Waals surface area contributed by atoms with Gasteiger partial charge in [0.15, 0.2) is 0 Å². The summed E-state index contributed by atoms with van der Waals surface area (Å²) < 4.78 is 0. The van der Waals surface area contributed by atoms with Gasteiger partial charge in [-0.05, 0) is 43.5 Å². The van der Waals surface area contributed by atoms with Gasteiger partial charge in [-0.1, -0.05) is 42.0 Å². The molecule has 2 rings (SSSR count). The third-order valence-corrected chi connectivity index (χ3v) is 3.38. The lowest BCUT2D eigenvalue weighted by Crippen LogP contribution is -2.12. The summed E-state index contributed by atoms with van der Waals surface area (Å²) in [5.74, 6) is -0.0146. The highest BCUT2D eigenvalue weighted by atomic mass is 16.3. The van der Waals surface area contributed by atoms with Gasteiger partial charge in [0.25, 0.3) is 0 Å². The number of aryl methyl sites for hydroxylation is 2. The summed E-state index contributed by atoms with van der Waals surface area (Å²) in [5, 5.41) is 12.4. The highest BCUT2D eigenvalue weighted by molar-refractivity contribution is 5.90. The van der Waals surface area contributed by atoms with Crippen LogP contribution in [-0.4, -0.2) is 11.0 Å². The summed E-state index contributed by atoms with van der Waals surface area (Å²) in [5.41, 5.74) is 3.90. The van der Waals surface area contributed by atoms with Gasteiger partial charge in [-0.15, -0.1) is 0 Å². The molecule has 0 saturated carbocycles. The van der Waals surface area contributed by atoms with E-state index >= 15 is 0 Å². The molecule has 1 amide bonds. The van der Waals surface area contributed by atoms with Gasteiger partial charge in [0, 0.05) is 12.1 Å². The molecule has 0 saturated heterocycles. The van der Waals surface area contributed by atoms with E-state index in [0.29, 0.717) is 6.42 Å². The van der Waals surface area contributed by atoms with Crippen LogP contribution < -0.4 is 5.32 Å². The van der Waals surface area contributed by atoms with Gasteiger partial charge >= 0.3 is 0 Å². The Bertz CT molecular complexity index is 620. The van der Waals surface area contributed by atoms with Gasteiger partial charge in [0.2, 0.25) is 5.91 Å². The maximum absolute atomic E-state index is 12.0. The summed E-state index contributed by atoms with van der Waals surface area (Å²) in [6.07, 6.45) is 0.639. The zero-order chi connectivity index (χ0) is 15.2. The lowest BCUT2D eigenvalue weighted by Gasteiger charge is -2.09. The van der Waals surface area contributed by atoms with E-state index in [4.69, 9.17) is 0 Å². The van der Waals surface area contributed by atoms with Crippen molar-refractivity contribution < 1.29 is 9.90 Å². The zero-order valence-electron chi connectivity index (χ0n) is 12.5. The molecular formula is C18H21NO2. The van der Waals surface area contributed by atoms with Crippen molar-refractivity contribution in [2.24, 2.45) is 0 Å². The second-order valence-electron chi connectivity index (χ2n) is 5.34. The summed E-state index contributed by atoms with van der Waals surface area (Å²) in [4.78, 5) is 12.0. The predicted molar refractivity (Wildman–Crippen MR) is 85.2 cm³/mol. The molecule has 0 aliphatic carbocycles. The zero-order valence-corrected chi connectivity index (χ0v) is 12.5. The summed E-state index contributed by atoms with van der Waals surface area (Å²) in [6, 6.07) is 15.5. The third-order valence-electron chi connectivity index (χ3n) is 3.38. The molecule has 3 heteroatoms. The molecule has 3 nitrogen and oxygen atoms in total. The van der Waals surface area contributed by atoms with Crippen LogP contribution in [0.4, 0.5) is 5.69 Å². The van der Waals surface area contributed by atoms with Crippen molar-refractivity contribution in [3.8, 4) is 0 Å². The fraction of sp³-hybridized carbons (Fsp3) is 0.278. The molecule has 0 heterocycles. The number of benzene rings is 2.